The lowest BCUT2D eigenvalue weighted by molar-refractivity contribution is 0.159. The summed E-state index contributed by atoms with van der Waals surface area (Å²) in [5.41, 5.74) is 1.24. The van der Waals surface area contributed by atoms with E-state index in [9.17, 15) is 0 Å². The fraction of sp³-hybridized carbons (Fsp3) is 0.583. The van der Waals surface area contributed by atoms with Gasteiger partial charge in [-0.2, -0.15) is 0 Å². The van der Waals surface area contributed by atoms with Crippen LogP contribution in [0.4, 0.5) is 0 Å². The molecule has 1 saturated heterocycles. The first-order valence-electron chi connectivity index (χ1n) is 5.64. The van der Waals surface area contributed by atoms with E-state index in [4.69, 9.17) is 14.6 Å². The monoisotopic (exact) mass is 221 g/mol. The molecule has 0 amide bonds. The number of fused-ring (bicyclic) bond motifs is 1. The van der Waals surface area contributed by atoms with Gasteiger partial charge in [0.2, 0.25) is 5.88 Å². The second-order valence-corrected chi connectivity index (χ2v) is 4.51. The highest BCUT2D eigenvalue weighted by molar-refractivity contribution is 5.32. The Balaban J connectivity index is 1.80. The van der Waals surface area contributed by atoms with Crippen LogP contribution in [0.3, 0.4) is 0 Å². The summed E-state index contributed by atoms with van der Waals surface area (Å²) in [6.45, 7) is 1.96. The predicted molar refractivity (Wildman–Crippen MR) is 57.4 cm³/mol. The molecule has 2 heterocycles. The summed E-state index contributed by atoms with van der Waals surface area (Å²) in [5, 5.41) is 8.69. The number of hydrogen-bond donors (Lipinski definition) is 1. The lowest BCUT2D eigenvalue weighted by Crippen LogP contribution is -2.14. The Hall–Kier alpha value is -1.13. The Bertz CT molecular complexity index is 396. The fourth-order valence-corrected chi connectivity index (χ4v) is 2.47. The van der Waals surface area contributed by atoms with E-state index >= 15 is 0 Å². The highest BCUT2D eigenvalue weighted by atomic mass is 16.5. The quantitative estimate of drug-likeness (QED) is 0.814. The highest BCUT2D eigenvalue weighted by Gasteiger charge is 2.60. The predicted octanol–water partition coefficient (Wildman–Crippen LogP) is 0.741. The van der Waals surface area contributed by atoms with Gasteiger partial charge in [0, 0.05) is 11.5 Å². The molecule has 1 aromatic rings. The van der Waals surface area contributed by atoms with Crippen molar-refractivity contribution in [3.05, 3.63) is 23.9 Å². The number of aromatic nitrogens is 1. The first-order valence-corrected chi connectivity index (χ1v) is 5.64. The van der Waals surface area contributed by atoms with E-state index in [0.717, 1.165) is 18.9 Å². The largest absolute Gasteiger partial charge is 0.475 e. The molecule has 1 saturated carbocycles. The van der Waals surface area contributed by atoms with E-state index in [2.05, 4.69) is 4.98 Å². The van der Waals surface area contributed by atoms with Crippen LogP contribution in [0.15, 0.2) is 18.2 Å². The number of aliphatic hydroxyl groups is 1. The molecule has 1 N–H and O–H groups in total. The molecule has 2 aliphatic rings. The van der Waals surface area contributed by atoms with E-state index in [1.165, 1.54) is 6.42 Å². The smallest absolute Gasteiger partial charge is 0.213 e. The SMILES string of the molecule is OCCOc1cccc([C@]23COC[C@H]2C3)n1. The zero-order chi connectivity index (χ0) is 11.0. The van der Waals surface area contributed by atoms with Crippen molar-refractivity contribution in [1.82, 2.24) is 4.98 Å². The average Bonchev–Trinajstić information content (AvgIpc) is 2.90. The Labute approximate surface area is 94.2 Å². The summed E-state index contributed by atoms with van der Waals surface area (Å²) >= 11 is 0. The second-order valence-electron chi connectivity index (χ2n) is 4.51. The molecule has 4 heteroatoms. The Morgan fingerprint density at radius 2 is 2.50 bits per heavy atom. The van der Waals surface area contributed by atoms with Crippen LogP contribution in [-0.2, 0) is 10.2 Å². The minimum atomic E-state index is 0.0167. The number of hydrogen-bond acceptors (Lipinski definition) is 4. The molecular weight excluding hydrogens is 206 g/mol. The summed E-state index contributed by atoms with van der Waals surface area (Å²) in [6.07, 6.45) is 1.18. The van der Waals surface area contributed by atoms with E-state index in [1.54, 1.807) is 0 Å². The highest BCUT2D eigenvalue weighted by Crippen LogP contribution is 2.57. The van der Waals surface area contributed by atoms with Crippen molar-refractivity contribution in [3.63, 3.8) is 0 Å². The van der Waals surface area contributed by atoms with Gasteiger partial charge in [-0.05, 0) is 18.4 Å². The third-order valence-corrected chi connectivity index (χ3v) is 3.49. The molecule has 16 heavy (non-hydrogen) atoms. The van der Waals surface area contributed by atoms with Gasteiger partial charge < -0.3 is 14.6 Å². The van der Waals surface area contributed by atoms with Gasteiger partial charge in [-0.15, -0.1) is 0 Å². The zero-order valence-electron chi connectivity index (χ0n) is 9.06. The average molecular weight is 221 g/mol. The molecule has 3 rings (SSSR count). The van der Waals surface area contributed by atoms with Crippen LogP contribution in [0.1, 0.15) is 12.1 Å². The van der Waals surface area contributed by atoms with Crippen LogP contribution in [-0.4, -0.2) is 36.5 Å². The molecule has 2 atom stereocenters. The molecule has 2 fully saturated rings. The second kappa shape index (κ2) is 3.71. The molecule has 0 bridgehead atoms. The summed E-state index contributed by atoms with van der Waals surface area (Å²) in [7, 11) is 0. The van der Waals surface area contributed by atoms with Crippen LogP contribution in [0.2, 0.25) is 0 Å². The van der Waals surface area contributed by atoms with Crippen molar-refractivity contribution in [1.29, 1.82) is 0 Å². The van der Waals surface area contributed by atoms with Crippen LogP contribution >= 0.6 is 0 Å². The maximum atomic E-state index is 8.69. The van der Waals surface area contributed by atoms with Crippen molar-refractivity contribution in [3.8, 4) is 5.88 Å². The summed E-state index contributed by atoms with van der Waals surface area (Å²) < 4.78 is 10.8. The topological polar surface area (TPSA) is 51.6 Å². The van der Waals surface area contributed by atoms with Crippen LogP contribution in [0.5, 0.6) is 5.88 Å². The van der Waals surface area contributed by atoms with Crippen molar-refractivity contribution < 1.29 is 14.6 Å². The van der Waals surface area contributed by atoms with Gasteiger partial charge in [0.05, 0.1) is 25.5 Å². The van der Waals surface area contributed by atoms with Gasteiger partial charge in [-0.25, -0.2) is 4.98 Å². The van der Waals surface area contributed by atoms with Gasteiger partial charge in [0.25, 0.3) is 0 Å². The van der Waals surface area contributed by atoms with Gasteiger partial charge in [0.15, 0.2) is 0 Å². The number of pyridine rings is 1. The van der Waals surface area contributed by atoms with Crippen molar-refractivity contribution in [2.24, 2.45) is 5.92 Å². The number of nitrogens with zero attached hydrogens (tertiary/aromatic N) is 1. The fourth-order valence-electron chi connectivity index (χ4n) is 2.47. The van der Waals surface area contributed by atoms with E-state index in [-0.39, 0.29) is 12.0 Å². The minimum Gasteiger partial charge on any atom is -0.475 e. The molecular formula is C12H15NO3. The summed E-state index contributed by atoms with van der Waals surface area (Å²) in [4.78, 5) is 4.49. The molecule has 1 aliphatic carbocycles. The first-order chi connectivity index (χ1) is 7.85. The first kappa shape index (κ1) is 10.1. The molecule has 1 aliphatic heterocycles. The maximum absolute atomic E-state index is 8.69. The van der Waals surface area contributed by atoms with Crippen LogP contribution < -0.4 is 4.74 Å². The third kappa shape index (κ3) is 1.49. The minimum absolute atomic E-state index is 0.0167. The van der Waals surface area contributed by atoms with Gasteiger partial charge >= 0.3 is 0 Å². The lowest BCUT2D eigenvalue weighted by Gasteiger charge is -2.11. The van der Waals surface area contributed by atoms with Crippen LogP contribution in [0, 0.1) is 5.92 Å². The molecule has 86 valence electrons. The maximum Gasteiger partial charge on any atom is 0.213 e. The van der Waals surface area contributed by atoms with E-state index < -0.39 is 0 Å². The van der Waals surface area contributed by atoms with Gasteiger partial charge in [-0.1, -0.05) is 6.07 Å². The third-order valence-electron chi connectivity index (χ3n) is 3.49. The lowest BCUT2D eigenvalue weighted by atomic mass is 10.0. The number of rotatable bonds is 4. The summed E-state index contributed by atoms with van der Waals surface area (Å²) in [6, 6.07) is 5.82. The molecule has 0 unspecified atom stereocenters. The molecule has 1 aromatic heterocycles. The molecule has 0 spiro atoms. The molecule has 4 nitrogen and oxygen atoms in total. The molecule has 0 aromatic carbocycles. The number of aliphatic hydroxyl groups excluding tert-OH is 1. The van der Waals surface area contributed by atoms with Gasteiger partial charge in [0.1, 0.15) is 6.61 Å². The normalized spacial score (nSPS) is 31.2. The van der Waals surface area contributed by atoms with E-state index in [0.29, 0.717) is 18.4 Å². The van der Waals surface area contributed by atoms with Crippen molar-refractivity contribution in [2.75, 3.05) is 26.4 Å². The Morgan fingerprint density at radius 1 is 1.56 bits per heavy atom. The summed E-state index contributed by atoms with van der Waals surface area (Å²) in [5.74, 6) is 1.24. The zero-order valence-corrected chi connectivity index (χ0v) is 9.06. The standard InChI is InChI=1S/C12H15NO3/c14-4-5-16-11-3-1-2-10(13-11)12-6-9(12)7-15-8-12/h1-3,9,14H,4-8H2/t9-,12-/m1/s1. The Kier molecular flexibility index (Phi) is 2.33. The Morgan fingerprint density at radius 3 is 3.19 bits per heavy atom. The van der Waals surface area contributed by atoms with Crippen LogP contribution in [0.25, 0.3) is 0 Å². The van der Waals surface area contributed by atoms with Gasteiger partial charge in [-0.3, -0.25) is 0 Å². The van der Waals surface area contributed by atoms with Crippen molar-refractivity contribution >= 4 is 0 Å². The number of ether oxygens (including phenoxy) is 2. The molecule has 0 radical (unpaired) electrons. The van der Waals surface area contributed by atoms with Crippen molar-refractivity contribution in [2.45, 2.75) is 11.8 Å². The van der Waals surface area contributed by atoms with E-state index in [1.807, 2.05) is 18.2 Å².